The van der Waals surface area contributed by atoms with Crippen LogP contribution in [-0.4, -0.2) is 16.0 Å². The highest BCUT2D eigenvalue weighted by atomic mass is 35.5. The van der Waals surface area contributed by atoms with Crippen molar-refractivity contribution in [1.82, 2.24) is 9.97 Å². The zero-order valence-electron chi connectivity index (χ0n) is 10.8. The van der Waals surface area contributed by atoms with E-state index in [0.29, 0.717) is 32.4 Å². The highest BCUT2D eigenvalue weighted by Crippen LogP contribution is 2.46. The van der Waals surface area contributed by atoms with Crippen molar-refractivity contribution >= 4 is 61.4 Å². The Morgan fingerprint density at radius 1 is 1.36 bits per heavy atom. The van der Waals surface area contributed by atoms with Crippen LogP contribution in [0.15, 0.2) is 24.5 Å². The number of carbonyl (C=O) groups excluding carboxylic acids is 1. The maximum absolute atomic E-state index is 13.3. The third kappa shape index (κ3) is 1.74. The summed E-state index contributed by atoms with van der Waals surface area (Å²) < 4.78 is 13.3. The van der Waals surface area contributed by atoms with Crippen LogP contribution in [0.25, 0.3) is 10.2 Å². The molecule has 0 saturated carbocycles. The molecule has 2 aromatic heterocycles. The lowest BCUT2D eigenvalue weighted by molar-refractivity contribution is 0.258. The second-order valence-corrected chi connectivity index (χ2v) is 6.02. The van der Waals surface area contributed by atoms with Gasteiger partial charge in [-0.05, 0) is 18.2 Å². The average molecular weight is 336 g/mol. The van der Waals surface area contributed by atoms with Crippen molar-refractivity contribution in [2.75, 3.05) is 16.0 Å². The van der Waals surface area contributed by atoms with Crippen LogP contribution < -0.4 is 16.0 Å². The first-order valence-corrected chi connectivity index (χ1v) is 7.35. The fourth-order valence-corrected chi connectivity index (χ4v) is 3.39. The van der Waals surface area contributed by atoms with E-state index < -0.39 is 11.8 Å². The summed E-state index contributed by atoms with van der Waals surface area (Å²) in [7, 11) is 0. The number of anilines is 4. The third-order valence-electron chi connectivity index (χ3n) is 3.30. The van der Waals surface area contributed by atoms with Gasteiger partial charge in [0.2, 0.25) is 0 Å². The molecule has 3 heterocycles. The fraction of sp³-hybridized carbons (Fsp3) is 0. The van der Waals surface area contributed by atoms with Crippen molar-refractivity contribution < 1.29 is 9.18 Å². The Labute approximate surface area is 132 Å². The molecule has 9 heteroatoms. The highest BCUT2D eigenvalue weighted by Gasteiger charge is 2.31. The minimum atomic E-state index is -0.559. The molecule has 0 spiro atoms. The molecule has 110 valence electrons. The molecule has 6 nitrogen and oxygen atoms in total. The molecule has 1 aliphatic rings. The molecule has 0 bridgehead atoms. The minimum Gasteiger partial charge on any atom is -0.389 e. The normalized spacial score (nSPS) is 13.5. The molecule has 22 heavy (non-hydrogen) atoms. The highest BCUT2D eigenvalue weighted by molar-refractivity contribution is 7.23. The number of carbonyl (C=O) groups is 1. The summed E-state index contributed by atoms with van der Waals surface area (Å²) in [6.45, 7) is 0. The van der Waals surface area contributed by atoms with Gasteiger partial charge in [0.1, 0.15) is 22.0 Å². The number of thiophene rings is 1. The van der Waals surface area contributed by atoms with Gasteiger partial charge in [0.05, 0.1) is 21.8 Å². The first-order chi connectivity index (χ1) is 10.6. The average Bonchev–Trinajstić information content (AvgIpc) is 2.80. The van der Waals surface area contributed by atoms with Crippen LogP contribution in [0.3, 0.4) is 0 Å². The van der Waals surface area contributed by atoms with Gasteiger partial charge in [0.15, 0.2) is 5.82 Å². The van der Waals surface area contributed by atoms with Crippen LogP contribution in [0, 0.1) is 5.82 Å². The number of hydrogen-bond donors (Lipinski definition) is 2. The van der Waals surface area contributed by atoms with E-state index in [1.807, 2.05) is 0 Å². The molecule has 0 unspecified atom stereocenters. The second kappa shape index (κ2) is 4.52. The second-order valence-electron chi connectivity index (χ2n) is 4.58. The van der Waals surface area contributed by atoms with Crippen molar-refractivity contribution in [3.63, 3.8) is 0 Å². The lowest BCUT2D eigenvalue weighted by atomic mass is 10.2. The first kappa shape index (κ1) is 13.2. The molecular formula is C13H7ClFN5OS. The lowest BCUT2D eigenvalue weighted by Crippen LogP contribution is -2.34. The molecular weight excluding hydrogens is 329 g/mol. The summed E-state index contributed by atoms with van der Waals surface area (Å²) in [6, 6.07) is 3.57. The van der Waals surface area contributed by atoms with Gasteiger partial charge in [0, 0.05) is 0 Å². The van der Waals surface area contributed by atoms with Gasteiger partial charge in [-0.25, -0.2) is 24.1 Å². The van der Waals surface area contributed by atoms with Gasteiger partial charge in [-0.3, -0.25) is 0 Å². The summed E-state index contributed by atoms with van der Waals surface area (Å²) in [5, 5.41) is 3.75. The van der Waals surface area contributed by atoms with Crippen molar-refractivity contribution in [3.05, 3.63) is 35.4 Å². The van der Waals surface area contributed by atoms with Crippen molar-refractivity contribution in [3.8, 4) is 0 Å². The topological polar surface area (TPSA) is 84.1 Å². The van der Waals surface area contributed by atoms with E-state index in [0.717, 1.165) is 0 Å². The maximum atomic E-state index is 13.3. The SMILES string of the molecule is Nc1sc2ncnc3c2c1NC(=O)N3c1ccc(F)c(Cl)c1. The van der Waals surface area contributed by atoms with Gasteiger partial charge in [-0.2, -0.15) is 0 Å². The Kier molecular flexibility index (Phi) is 2.72. The predicted octanol–water partition coefficient (Wildman–Crippen LogP) is 3.75. The van der Waals surface area contributed by atoms with Crippen LogP contribution >= 0.6 is 22.9 Å². The summed E-state index contributed by atoms with van der Waals surface area (Å²) >= 11 is 7.07. The zero-order valence-corrected chi connectivity index (χ0v) is 12.4. The number of amides is 2. The zero-order chi connectivity index (χ0) is 15.4. The Morgan fingerprint density at radius 3 is 2.95 bits per heavy atom. The summed E-state index contributed by atoms with van der Waals surface area (Å²) in [6.07, 6.45) is 1.36. The molecule has 0 aliphatic carbocycles. The van der Waals surface area contributed by atoms with E-state index in [-0.39, 0.29) is 5.02 Å². The molecule has 1 aliphatic heterocycles. The molecule has 4 rings (SSSR count). The number of nitrogens with one attached hydrogen (secondary N) is 1. The standard InChI is InChI=1S/C13H7ClFN5OS/c14-6-3-5(1-2-7(6)15)20-11-8-9(19-13(20)21)10(16)22-12(8)18-4-17-11/h1-4H,16H2,(H,19,21). The molecule has 3 N–H and O–H groups in total. The van der Waals surface area contributed by atoms with Crippen LogP contribution in [0.1, 0.15) is 0 Å². The van der Waals surface area contributed by atoms with Crippen LogP contribution in [-0.2, 0) is 0 Å². The predicted molar refractivity (Wildman–Crippen MR) is 84.4 cm³/mol. The van der Waals surface area contributed by atoms with Crippen LogP contribution in [0.5, 0.6) is 0 Å². The molecule has 2 amide bonds. The molecule has 0 atom stereocenters. The molecule has 3 aromatic rings. The molecule has 0 radical (unpaired) electrons. The first-order valence-electron chi connectivity index (χ1n) is 6.15. The monoisotopic (exact) mass is 335 g/mol. The van der Waals surface area contributed by atoms with Crippen LogP contribution in [0.4, 0.5) is 31.4 Å². The maximum Gasteiger partial charge on any atom is 0.332 e. The number of nitrogens with two attached hydrogens (primary N) is 1. The van der Waals surface area contributed by atoms with Gasteiger partial charge in [-0.1, -0.05) is 22.9 Å². The molecule has 1 aromatic carbocycles. The number of nitrogens with zero attached hydrogens (tertiary/aromatic N) is 3. The van der Waals surface area contributed by atoms with Crippen molar-refractivity contribution in [1.29, 1.82) is 0 Å². The van der Waals surface area contributed by atoms with E-state index in [1.165, 1.54) is 40.8 Å². The van der Waals surface area contributed by atoms with E-state index in [4.69, 9.17) is 17.3 Å². The number of nitrogen functional groups attached to an aromatic ring is 1. The third-order valence-corrected chi connectivity index (χ3v) is 4.52. The van der Waals surface area contributed by atoms with Gasteiger partial charge in [-0.15, -0.1) is 0 Å². The number of hydrogen-bond acceptors (Lipinski definition) is 5. The number of halogens is 2. The summed E-state index contributed by atoms with van der Waals surface area (Å²) in [5.74, 6) is -0.171. The Balaban J connectivity index is 1.99. The van der Waals surface area contributed by atoms with Crippen molar-refractivity contribution in [2.45, 2.75) is 0 Å². The van der Waals surface area contributed by atoms with E-state index >= 15 is 0 Å². The molecule has 0 fully saturated rings. The van der Waals surface area contributed by atoms with Crippen LogP contribution in [0.2, 0.25) is 5.02 Å². The Bertz CT molecular complexity index is 944. The summed E-state index contributed by atoms with van der Waals surface area (Å²) in [5.41, 5.74) is 6.81. The Hall–Kier alpha value is -2.45. The number of rotatable bonds is 1. The van der Waals surface area contributed by atoms with Gasteiger partial charge < -0.3 is 11.1 Å². The van der Waals surface area contributed by atoms with Crippen molar-refractivity contribution in [2.24, 2.45) is 0 Å². The number of benzene rings is 1. The van der Waals surface area contributed by atoms with E-state index in [1.54, 1.807) is 0 Å². The summed E-state index contributed by atoms with van der Waals surface area (Å²) in [4.78, 5) is 22.7. The largest absolute Gasteiger partial charge is 0.389 e. The fourth-order valence-electron chi connectivity index (χ4n) is 2.35. The van der Waals surface area contributed by atoms with E-state index in [2.05, 4.69) is 15.3 Å². The minimum absolute atomic E-state index is 0.0776. The number of urea groups is 1. The van der Waals surface area contributed by atoms with E-state index in [9.17, 15) is 9.18 Å². The molecule has 0 saturated heterocycles. The van der Waals surface area contributed by atoms with Gasteiger partial charge in [0.25, 0.3) is 0 Å². The number of aromatic nitrogens is 2. The van der Waals surface area contributed by atoms with Gasteiger partial charge >= 0.3 is 6.03 Å². The lowest BCUT2D eigenvalue weighted by Gasteiger charge is -2.27. The Morgan fingerprint density at radius 2 is 2.18 bits per heavy atom. The smallest absolute Gasteiger partial charge is 0.332 e. The quantitative estimate of drug-likeness (QED) is 0.709.